The lowest BCUT2D eigenvalue weighted by molar-refractivity contribution is -0.148. The highest BCUT2D eigenvalue weighted by molar-refractivity contribution is 5.85. The summed E-state index contributed by atoms with van der Waals surface area (Å²) in [4.78, 5) is 11.7. The molecule has 2 aromatic carbocycles. The molecule has 1 fully saturated rings. The largest absolute Gasteiger partial charge is 0.497 e. The first-order chi connectivity index (χ1) is 10.2. The Morgan fingerprint density at radius 3 is 2.62 bits per heavy atom. The minimum atomic E-state index is -0.843. The molecule has 0 N–H and O–H groups in total. The van der Waals surface area contributed by atoms with E-state index >= 15 is 0 Å². The first-order valence-electron chi connectivity index (χ1n) is 6.89. The SMILES string of the molecule is COc1ccc2cc(C(C#N)OC(=O)C3CC3)ccc2c1. The molecule has 106 valence electrons. The third-order valence-electron chi connectivity index (χ3n) is 3.64. The van der Waals surface area contributed by atoms with Gasteiger partial charge in [-0.05, 0) is 41.8 Å². The fourth-order valence-electron chi connectivity index (χ4n) is 2.23. The van der Waals surface area contributed by atoms with Gasteiger partial charge < -0.3 is 9.47 Å². The summed E-state index contributed by atoms with van der Waals surface area (Å²) in [6, 6.07) is 13.4. The van der Waals surface area contributed by atoms with E-state index in [1.54, 1.807) is 7.11 Å². The Balaban J connectivity index is 1.88. The van der Waals surface area contributed by atoms with Crippen LogP contribution in [-0.4, -0.2) is 13.1 Å². The average Bonchev–Trinajstić information content (AvgIpc) is 3.36. The fourth-order valence-corrected chi connectivity index (χ4v) is 2.23. The van der Waals surface area contributed by atoms with Crippen LogP contribution in [0.15, 0.2) is 36.4 Å². The zero-order valence-corrected chi connectivity index (χ0v) is 11.7. The number of ether oxygens (including phenoxy) is 2. The average molecular weight is 281 g/mol. The molecule has 1 aliphatic rings. The number of carbonyl (C=O) groups excluding carboxylic acids is 1. The van der Waals surface area contributed by atoms with E-state index in [4.69, 9.17) is 9.47 Å². The molecule has 0 amide bonds. The summed E-state index contributed by atoms with van der Waals surface area (Å²) in [7, 11) is 1.62. The van der Waals surface area contributed by atoms with E-state index < -0.39 is 6.10 Å². The molecule has 0 aromatic heterocycles. The van der Waals surface area contributed by atoms with Gasteiger partial charge in [0.2, 0.25) is 6.10 Å². The van der Waals surface area contributed by atoms with Crippen LogP contribution in [0.3, 0.4) is 0 Å². The van der Waals surface area contributed by atoms with Gasteiger partial charge in [0, 0.05) is 5.56 Å². The number of nitrogens with zero attached hydrogens (tertiary/aromatic N) is 1. The molecule has 21 heavy (non-hydrogen) atoms. The van der Waals surface area contributed by atoms with Crippen LogP contribution < -0.4 is 4.74 Å². The Bertz CT molecular complexity index is 728. The first-order valence-corrected chi connectivity index (χ1v) is 6.89. The van der Waals surface area contributed by atoms with Crippen LogP contribution in [-0.2, 0) is 9.53 Å². The Hall–Kier alpha value is -2.54. The molecule has 0 saturated heterocycles. The minimum Gasteiger partial charge on any atom is -0.497 e. The monoisotopic (exact) mass is 281 g/mol. The van der Waals surface area contributed by atoms with E-state index in [0.29, 0.717) is 5.56 Å². The topological polar surface area (TPSA) is 59.3 Å². The molecule has 1 saturated carbocycles. The number of esters is 1. The molecule has 0 heterocycles. The van der Waals surface area contributed by atoms with Gasteiger partial charge in [-0.1, -0.05) is 18.2 Å². The second-order valence-electron chi connectivity index (χ2n) is 5.19. The highest BCUT2D eigenvalue weighted by atomic mass is 16.5. The number of hydrogen-bond donors (Lipinski definition) is 0. The van der Waals surface area contributed by atoms with Gasteiger partial charge in [0.1, 0.15) is 11.8 Å². The molecule has 4 heteroatoms. The van der Waals surface area contributed by atoms with Crippen molar-refractivity contribution in [3.8, 4) is 11.8 Å². The molecule has 0 spiro atoms. The van der Waals surface area contributed by atoms with Crippen LogP contribution in [0.2, 0.25) is 0 Å². The number of hydrogen-bond acceptors (Lipinski definition) is 4. The Morgan fingerprint density at radius 2 is 1.95 bits per heavy atom. The summed E-state index contributed by atoms with van der Waals surface area (Å²) in [6.07, 6.45) is 0.896. The van der Waals surface area contributed by atoms with Gasteiger partial charge >= 0.3 is 5.97 Å². The Kier molecular flexibility index (Phi) is 3.49. The van der Waals surface area contributed by atoms with Crippen molar-refractivity contribution in [1.29, 1.82) is 5.26 Å². The molecule has 0 radical (unpaired) electrons. The molecule has 0 aliphatic heterocycles. The van der Waals surface area contributed by atoms with Gasteiger partial charge in [0.15, 0.2) is 0 Å². The van der Waals surface area contributed by atoms with Gasteiger partial charge in [0.05, 0.1) is 13.0 Å². The molecule has 1 unspecified atom stereocenters. The Labute approximate surface area is 122 Å². The highest BCUT2D eigenvalue weighted by Gasteiger charge is 2.33. The third-order valence-corrected chi connectivity index (χ3v) is 3.64. The number of rotatable bonds is 4. The number of carbonyl (C=O) groups is 1. The van der Waals surface area contributed by atoms with Gasteiger partial charge in [-0.2, -0.15) is 5.26 Å². The summed E-state index contributed by atoms with van der Waals surface area (Å²) >= 11 is 0. The quantitative estimate of drug-likeness (QED) is 0.806. The zero-order valence-electron chi connectivity index (χ0n) is 11.7. The normalized spacial score (nSPS) is 15.2. The third kappa shape index (κ3) is 2.82. The van der Waals surface area contributed by atoms with Crippen molar-refractivity contribution >= 4 is 16.7 Å². The predicted octanol–water partition coefficient (Wildman–Crippen LogP) is 3.37. The van der Waals surface area contributed by atoms with Crippen molar-refractivity contribution in [3.05, 3.63) is 42.0 Å². The van der Waals surface area contributed by atoms with Crippen molar-refractivity contribution < 1.29 is 14.3 Å². The molecule has 0 bridgehead atoms. The lowest BCUT2D eigenvalue weighted by Gasteiger charge is -2.12. The lowest BCUT2D eigenvalue weighted by Crippen LogP contribution is -2.11. The summed E-state index contributed by atoms with van der Waals surface area (Å²) in [5, 5.41) is 11.2. The molecular formula is C17H15NO3. The first kappa shape index (κ1) is 13.4. The number of fused-ring (bicyclic) bond motifs is 1. The number of benzene rings is 2. The van der Waals surface area contributed by atoms with Crippen LogP contribution in [0.5, 0.6) is 5.75 Å². The van der Waals surface area contributed by atoms with E-state index in [1.807, 2.05) is 36.4 Å². The van der Waals surface area contributed by atoms with E-state index in [0.717, 1.165) is 29.4 Å². The number of methoxy groups -OCH3 is 1. The van der Waals surface area contributed by atoms with Gasteiger partial charge in [-0.25, -0.2) is 0 Å². The smallest absolute Gasteiger partial charge is 0.310 e. The highest BCUT2D eigenvalue weighted by Crippen LogP contribution is 2.33. The van der Waals surface area contributed by atoms with Gasteiger partial charge in [0.25, 0.3) is 0 Å². The maximum atomic E-state index is 11.7. The summed E-state index contributed by atoms with van der Waals surface area (Å²) in [6.45, 7) is 0. The van der Waals surface area contributed by atoms with Crippen LogP contribution in [0.4, 0.5) is 0 Å². The van der Waals surface area contributed by atoms with Gasteiger partial charge in [-0.3, -0.25) is 4.79 Å². The van der Waals surface area contributed by atoms with Crippen LogP contribution >= 0.6 is 0 Å². The van der Waals surface area contributed by atoms with E-state index in [9.17, 15) is 10.1 Å². The van der Waals surface area contributed by atoms with Crippen molar-refractivity contribution in [3.63, 3.8) is 0 Å². The molecule has 2 aromatic rings. The Morgan fingerprint density at radius 1 is 1.24 bits per heavy atom. The zero-order chi connectivity index (χ0) is 14.8. The molecule has 1 atom stereocenters. The number of nitriles is 1. The van der Waals surface area contributed by atoms with Crippen molar-refractivity contribution in [2.45, 2.75) is 18.9 Å². The van der Waals surface area contributed by atoms with E-state index in [-0.39, 0.29) is 11.9 Å². The fraction of sp³-hybridized carbons (Fsp3) is 0.294. The second kappa shape index (κ2) is 5.45. The lowest BCUT2D eigenvalue weighted by atomic mass is 10.0. The predicted molar refractivity (Wildman–Crippen MR) is 77.7 cm³/mol. The van der Waals surface area contributed by atoms with Crippen LogP contribution in [0.25, 0.3) is 10.8 Å². The van der Waals surface area contributed by atoms with Crippen LogP contribution in [0.1, 0.15) is 24.5 Å². The molecule has 1 aliphatic carbocycles. The summed E-state index contributed by atoms with van der Waals surface area (Å²) < 4.78 is 10.5. The maximum Gasteiger partial charge on any atom is 0.310 e. The van der Waals surface area contributed by atoms with Crippen molar-refractivity contribution in [2.75, 3.05) is 7.11 Å². The van der Waals surface area contributed by atoms with E-state index in [2.05, 4.69) is 6.07 Å². The molecular weight excluding hydrogens is 266 g/mol. The summed E-state index contributed by atoms with van der Waals surface area (Å²) in [5.74, 6) is 0.509. The standard InChI is InChI=1S/C17H15NO3/c1-20-15-7-6-12-8-14(5-4-13(12)9-15)16(10-18)21-17(19)11-2-3-11/h4-9,11,16H,2-3H2,1H3. The van der Waals surface area contributed by atoms with Gasteiger partial charge in [-0.15, -0.1) is 0 Å². The van der Waals surface area contributed by atoms with E-state index in [1.165, 1.54) is 0 Å². The second-order valence-corrected chi connectivity index (χ2v) is 5.19. The van der Waals surface area contributed by atoms with Crippen molar-refractivity contribution in [1.82, 2.24) is 0 Å². The maximum absolute atomic E-state index is 11.7. The molecule has 3 rings (SSSR count). The van der Waals surface area contributed by atoms with Crippen LogP contribution in [0, 0.1) is 17.2 Å². The van der Waals surface area contributed by atoms with Crippen molar-refractivity contribution in [2.24, 2.45) is 5.92 Å². The summed E-state index contributed by atoms with van der Waals surface area (Å²) in [5.41, 5.74) is 0.698. The molecule has 4 nitrogen and oxygen atoms in total. The minimum absolute atomic E-state index is 0.00873.